The Labute approximate surface area is 102 Å². The van der Waals surface area contributed by atoms with Crippen molar-refractivity contribution in [1.82, 2.24) is 0 Å². The second-order valence-electron chi connectivity index (χ2n) is 3.14. The summed E-state index contributed by atoms with van der Waals surface area (Å²) in [5.74, 6) is 0.161. The molecule has 0 unspecified atom stereocenters. The van der Waals surface area contributed by atoms with Crippen LogP contribution in [0.5, 0.6) is 5.75 Å². The van der Waals surface area contributed by atoms with Crippen molar-refractivity contribution < 1.29 is 22.6 Å². The Balaban J connectivity index is 2.53. The van der Waals surface area contributed by atoms with Crippen molar-refractivity contribution in [1.29, 1.82) is 0 Å². The number of ether oxygens (including phenoxy) is 2. The molecule has 2 nitrogen and oxygen atoms in total. The molecule has 0 bridgehead atoms. The van der Waals surface area contributed by atoms with Crippen molar-refractivity contribution in [3.8, 4) is 5.75 Å². The number of rotatable bonds is 6. The zero-order valence-electron chi connectivity index (χ0n) is 8.97. The van der Waals surface area contributed by atoms with Crippen molar-refractivity contribution in [3.05, 3.63) is 29.8 Å². The highest BCUT2D eigenvalue weighted by molar-refractivity contribution is 6.17. The zero-order chi connectivity index (χ0) is 12.7. The van der Waals surface area contributed by atoms with Gasteiger partial charge in [0, 0.05) is 5.88 Å². The molecule has 0 aliphatic heterocycles. The number of alkyl halides is 4. The molecule has 0 atom stereocenters. The van der Waals surface area contributed by atoms with Gasteiger partial charge in [-0.05, 0) is 12.1 Å². The minimum absolute atomic E-state index is 0.0595. The van der Waals surface area contributed by atoms with E-state index in [0.717, 1.165) is 6.07 Å². The molecule has 1 rings (SSSR count). The van der Waals surface area contributed by atoms with Gasteiger partial charge in [-0.2, -0.15) is 13.2 Å². The molecule has 6 heteroatoms. The van der Waals surface area contributed by atoms with Gasteiger partial charge in [-0.15, -0.1) is 11.6 Å². The molecule has 1 aromatic carbocycles. The van der Waals surface area contributed by atoms with E-state index in [-0.39, 0.29) is 19.0 Å². The van der Waals surface area contributed by atoms with E-state index in [4.69, 9.17) is 21.1 Å². The molecule has 0 aliphatic rings. The van der Waals surface area contributed by atoms with Crippen molar-refractivity contribution in [2.24, 2.45) is 0 Å². The molecule has 0 saturated heterocycles. The molecule has 0 spiro atoms. The molecule has 0 saturated carbocycles. The molecule has 17 heavy (non-hydrogen) atoms. The Kier molecular flexibility index (Phi) is 5.58. The third kappa shape index (κ3) is 4.83. The van der Waals surface area contributed by atoms with Gasteiger partial charge >= 0.3 is 6.18 Å². The van der Waals surface area contributed by atoms with Crippen LogP contribution in [0.2, 0.25) is 0 Å². The summed E-state index contributed by atoms with van der Waals surface area (Å²) < 4.78 is 47.7. The molecule has 0 fully saturated rings. The van der Waals surface area contributed by atoms with E-state index in [1.54, 1.807) is 0 Å². The second-order valence-corrected chi connectivity index (χ2v) is 3.52. The first kappa shape index (κ1) is 14.1. The van der Waals surface area contributed by atoms with Crippen LogP contribution in [0.1, 0.15) is 5.56 Å². The summed E-state index contributed by atoms with van der Waals surface area (Å²) in [6.45, 7) is 0.620. The van der Waals surface area contributed by atoms with E-state index in [2.05, 4.69) is 0 Å². The van der Waals surface area contributed by atoms with Gasteiger partial charge < -0.3 is 9.47 Å². The lowest BCUT2D eigenvalue weighted by atomic mass is 10.2. The number of benzene rings is 1. The fraction of sp³-hybridized carbons (Fsp3) is 0.455. The van der Waals surface area contributed by atoms with Crippen LogP contribution < -0.4 is 4.74 Å². The van der Waals surface area contributed by atoms with Crippen LogP contribution in [0, 0.1) is 0 Å². The fourth-order valence-corrected chi connectivity index (χ4v) is 1.30. The van der Waals surface area contributed by atoms with E-state index in [0.29, 0.717) is 12.5 Å². The SMILES string of the molecule is FC(F)(F)c1ccccc1OCCOCCCl. The molecule has 1 aromatic rings. The maximum absolute atomic E-state index is 12.5. The van der Waals surface area contributed by atoms with Crippen molar-refractivity contribution >= 4 is 11.6 Å². The van der Waals surface area contributed by atoms with E-state index >= 15 is 0 Å². The highest BCUT2D eigenvalue weighted by Gasteiger charge is 2.33. The maximum atomic E-state index is 12.5. The zero-order valence-corrected chi connectivity index (χ0v) is 9.72. The van der Waals surface area contributed by atoms with Crippen LogP contribution >= 0.6 is 11.6 Å². The average molecular weight is 269 g/mol. The van der Waals surface area contributed by atoms with Crippen molar-refractivity contribution in [3.63, 3.8) is 0 Å². The first-order chi connectivity index (χ1) is 8.05. The average Bonchev–Trinajstić information content (AvgIpc) is 2.28. The van der Waals surface area contributed by atoms with Crippen LogP contribution in [-0.4, -0.2) is 25.7 Å². The lowest BCUT2D eigenvalue weighted by Gasteiger charge is -2.13. The third-order valence-electron chi connectivity index (χ3n) is 1.90. The van der Waals surface area contributed by atoms with Gasteiger partial charge in [-0.25, -0.2) is 0 Å². The monoisotopic (exact) mass is 268 g/mol. The van der Waals surface area contributed by atoms with Crippen LogP contribution in [0.15, 0.2) is 24.3 Å². The van der Waals surface area contributed by atoms with Gasteiger partial charge in [0.05, 0.1) is 18.8 Å². The minimum Gasteiger partial charge on any atom is -0.491 e. The molecule has 0 heterocycles. The smallest absolute Gasteiger partial charge is 0.419 e. The van der Waals surface area contributed by atoms with Crippen molar-refractivity contribution in [2.45, 2.75) is 6.18 Å². The summed E-state index contributed by atoms with van der Waals surface area (Å²) in [5, 5.41) is 0. The van der Waals surface area contributed by atoms with Crippen LogP contribution in [-0.2, 0) is 10.9 Å². The molecule has 0 aliphatic carbocycles. The number of para-hydroxylation sites is 1. The molecular formula is C11H12ClF3O2. The fourth-order valence-electron chi connectivity index (χ4n) is 1.19. The van der Waals surface area contributed by atoms with E-state index in [1.807, 2.05) is 0 Å². The van der Waals surface area contributed by atoms with E-state index in [9.17, 15) is 13.2 Å². The van der Waals surface area contributed by atoms with Gasteiger partial charge in [-0.1, -0.05) is 12.1 Å². The molecule has 0 N–H and O–H groups in total. The van der Waals surface area contributed by atoms with E-state index < -0.39 is 11.7 Å². The Morgan fingerprint density at radius 2 is 1.76 bits per heavy atom. The minimum atomic E-state index is -4.41. The Morgan fingerprint density at radius 1 is 1.06 bits per heavy atom. The summed E-state index contributed by atoms with van der Waals surface area (Å²) in [7, 11) is 0. The molecular weight excluding hydrogens is 257 g/mol. The van der Waals surface area contributed by atoms with Crippen LogP contribution in [0.25, 0.3) is 0 Å². The lowest BCUT2D eigenvalue weighted by Crippen LogP contribution is -2.12. The lowest BCUT2D eigenvalue weighted by molar-refractivity contribution is -0.139. The van der Waals surface area contributed by atoms with Crippen LogP contribution in [0.4, 0.5) is 13.2 Å². The predicted molar refractivity (Wildman–Crippen MR) is 58.5 cm³/mol. The quantitative estimate of drug-likeness (QED) is 0.582. The summed E-state index contributed by atoms with van der Waals surface area (Å²) in [5.41, 5.74) is -0.780. The number of halogens is 4. The normalized spacial score (nSPS) is 11.5. The number of hydrogen-bond acceptors (Lipinski definition) is 2. The van der Waals surface area contributed by atoms with Gasteiger partial charge in [0.2, 0.25) is 0 Å². The Morgan fingerprint density at radius 3 is 2.41 bits per heavy atom. The molecule has 0 aromatic heterocycles. The predicted octanol–water partition coefficient (Wildman–Crippen LogP) is 3.34. The highest BCUT2D eigenvalue weighted by Crippen LogP contribution is 2.35. The first-order valence-electron chi connectivity index (χ1n) is 4.98. The number of hydrogen-bond donors (Lipinski definition) is 0. The van der Waals surface area contributed by atoms with Gasteiger partial charge in [0.15, 0.2) is 0 Å². The Bertz CT molecular complexity index is 342. The standard InChI is InChI=1S/C11H12ClF3O2/c12-5-6-16-7-8-17-10-4-2-1-3-9(10)11(13,14)15/h1-4H,5-8H2. The highest BCUT2D eigenvalue weighted by atomic mass is 35.5. The third-order valence-corrected chi connectivity index (χ3v) is 2.05. The molecule has 0 radical (unpaired) electrons. The van der Waals surface area contributed by atoms with E-state index in [1.165, 1.54) is 18.2 Å². The summed E-state index contributed by atoms with van der Waals surface area (Å²) >= 11 is 5.37. The summed E-state index contributed by atoms with van der Waals surface area (Å²) in [6.07, 6.45) is -4.41. The van der Waals surface area contributed by atoms with Gasteiger partial charge in [-0.3, -0.25) is 0 Å². The largest absolute Gasteiger partial charge is 0.491 e. The molecule has 96 valence electrons. The Hall–Kier alpha value is -0.940. The summed E-state index contributed by atoms with van der Waals surface area (Å²) in [6, 6.07) is 5.07. The van der Waals surface area contributed by atoms with Crippen molar-refractivity contribution in [2.75, 3.05) is 25.7 Å². The molecule has 0 amide bonds. The van der Waals surface area contributed by atoms with Crippen LogP contribution in [0.3, 0.4) is 0 Å². The van der Waals surface area contributed by atoms with Gasteiger partial charge in [0.1, 0.15) is 12.4 Å². The maximum Gasteiger partial charge on any atom is 0.419 e. The second kappa shape index (κ2) is 6.71. The van der Waals surface area contributed by atoms with Gasteiger partial charge in [0.25, 0.3) is 0 Å². The topological polar surface area (TPSA) is 18.5 Å². The first-order valence-corrected chi connectivity index (χ1v) is 5.52. The summed E-state index contributed by atoms with van der Waals surface area (Å²) in [4.78, 5) is 0.